The van der Waals surface area contributed by atoms with Gasteiger partial charge in [-0.15, -0.1) is 0 Å². The summed E-state index contributed by atoms with van der Waals surface area (Å²) in [6.07, 6.45) is 10.3. The fraction of sp³-hybridized carbons (Fsp3) is 0.286. The van der Waals surface area contributed by atoms with Crippen molar-refractivity contribution in [2.45, 2.75) is 79.1 Å². The lowest BCUT2D eigenvalue weighted by atomic mass is 9.99. The number of ether oxygens (including phenoxy) is 1. The zero-order valence-corrected chi connectivity index (χ0v) is 46.1. The lowest BCUT2D eigenvalue weighted by Crippen LogP contribution is -2.11. The van der Waals surface area contributed by atoms with Gasteiger partial charge in [-0.1, -0.05) is 170 Å². The summed E-state index contributed by atoms with van der Waals surface area (Å²) < 4.78 is 10.3. The second-order valence-corrected chi connectivity index (χ2v) is 21.5. The third-order valence-corrected chi connectivity index (χ3v) is 15.5. The van der Waals surface area contributed by atoms with Gasteiger partial charge in [0.05, 0.1) is 50.7 Å². The van der Waals surface area contributed by atoms with Crippen LogP contribution < -0.4 is 4.74 Å². The topological polar surface area (TPSA) is 81.0 Å². The molecule has 0 aliphatic rings. The number of unbranched alkanes of at least 4 members (excludes halogenated alkanes) is 2. The number of alkyl halides is 1. The Balaban J connectivity index is 0.000000158. The van der Waals surface area contributed by atoms with Crippen molar-refractivity contribution in [2.24, 2.45) is 11.8 Å². The highest BCUT2D eigenvalue weighted by Crippen LogP contribution is 2.39. The van der Waals surface area contributed by atoms with Gasteiger partial charge in [0.1, 0.15) is 11.5 Å². The Morgan fingerprint density at radius 1 is 0.448 bits per heavy atom. The maximum Gasteiger partial charge on any atom is 0.121 e. The molecular weight excluding hydrogens is 1160 g/mol. The van der Waals surface area contributed by atoms with Crippen LogP contribution in [0.2, 0.25) is 0 Å². The first-order valence-corrected chi connectivity index (χ1v) is 27.5. The van der Waals surface area contributed by atoms with E-state index < -0.39 is 0 Å². The van der Waals surface area contributed by atoms with Crippen molar-refractivity contribution in [3.05, 3.63) is 127 Å². The number of nitrogens with zero attached hydrogens (tertiary/aromatic N) is 4. The van der Waals surface area contributed by atoms with Gasteiger partial charge in [0.15, 0.2) is 0 Å². The van der Waals surface area contributed by atoms with Crippen LogP contribution in [0.4, 0.5) is 0 Å². The quantitative estimate of drug-likeness (QED) is 0.0746. The maximum atomic E-state index is 9.79. The molecule has 0 fully saturated rings. The average Bonchev–Trinajstić information content (AvgIpc) is 3.34. The van der Waals surface area contributed by atoms with E-state index >= 15 is 0 Å². The van der Waals surface area contributed by atoms with Gasteiger partial charge < -0.3 is 9.84 Å². The van der Waals surface area contributed by atoms with E-state index in [2.05, 4.69) is 168 Å². The molecule has 0 bridgehead atoms. The molecule has 2 atom stereocenters. The summed E-state index contributed by atoms with van der Waals surface area (Å²) in [6, 6.07) is 36.4. The van der Waals surface area contributed by atoms with Crippen LogP contribution in [0.25, 0.3) is 87.2 Å². The molecular formula is C56H53Br5N4O2. The summed E-state index contributed by atoms with van der Waals surface area (Å²) in [5.74, 6) is 2.56. The lowest BCUT2D eigenvalue weighted by Gasteiger charge is -2.16. The number of fused-ring (bicyclic) bond motifs is 14. The molecule has 10 aromatic rings. The van der Waals surface area contributed by atoms with Crippen molar-refractivity contribution in [1.29, 1.82) is 0 Å². The van der Waals surface area contributed by atoms with Crippen LogP contribution in [-0.2, 0) is 0 Å². The van der Waals surface area contributed by atoms with Gasteiger partial charge in [0.25, 0.3) is 0 Å². The number of aromatic nitrogens is 4. The van der Waals surface area contributed by atoms with Crippen molar-refractivity contribution in [1.82, 2.24) is 19.9 Å². The Morgan fingerprint density at radius 3 is 1.24 bits per heavy atom. The van der Waals surface area contributed by atoms with Crippen LogP contribution in [0.5, 0.6) is 11.5 Å². The molecule has 0 aliphatic carbocycles. The van der Waals surface area contributed by atoms with Crippen LogP contribution in [0.15, 0.2) is 127 Å². The molecule has 0 spiro atoms. The summed E-state index contributed by atoms with van der Waals surface area (Å²) >= 11 is 17.9. The fourth-order valence-electron chi connectivity index (χ4n) is 8.70. The normalized spacial score (nSPS) is 12.5. The van der Waals surface area contributed by atoms with Crippen LogP contribution in [0.1, 0.15) is 79.1 Å². The zero-order valence-electron chi connectivity index (χ0n) is 38.2. The lowest BCUT2D eigenvalue weighted by molar-refractivity contribution is 0.233. The molecule has 1 N–H and O–H groups in total. The molecule has 6 nitrogen and oxygen atoms in total. The highest BCUT2D eigenvalue weighted by Gasteiger charge is 2.16. The van der Waals surface area contributed by atoms with Crippen molar-refractivity contribution >= 4 is 167 Å². The van der Waals surface area contributed by atoms with Crippen LogP contribution in [-0.4, -0.2) is 37.0 Å². The smallest absolute Gasteiger partial charge is 0.121 e. The molecule has 0 aliphatic heterocycles. The number of aromatic hydroxyl groups is 1. The first kappa shape index (κ1) is 49.4. The molecule has 344 valence electrons. The molecule has 11 heteroatoms. The van der Waals surface area contributed by atoms with E-state index in [1.54, 1.807) is 18.2 Å². The summed E-state index contributed by atoms with van der Waals surface area (Å²) in [5.41, 5.74) is 6.71. The molecule has 2 aromatic heterocycles. The van der Waals surface area contributed by atoms with Gasteiger partial charge in [0.2, 0.25) is 0 Å². The molecule has 2 unspecified atom stereocenters. The van der Waals surface area contributed by atoms with E-state index in [1.165, 1.54) is 61.0 Å². The molecule has 0 saturated heterocycles. The number of hydrogen-bond donors (Lipinski definition) is 1. The van der Waals surface area contributed by atoms with Gasteiger partial charge in [-0.25, -0.2) is 19.9 Å². The predicted molar refractivity (Wildman–Crippen MR) is 302 cm³/mol. The molecule has 0 amide bonds. The number of phenolic OH excluding ortho intramolecular Hbond substituents is 1. The summed E-state index contributed by atoms with van der Waals surface area (Å²) in [7, 11) is 0. The SMILES string of the molecule is CCCCC(CC)CBr.CCCCC(CC)COc1ccc2nc3c4cc(Br)ccc4c4ccc(Br)cc4c3nc2c1.Oc1ccc2nc3c4cc(Br)ccc4c4ccc(Br)cc4c3nc2c1. The second kappa shape index (κ2) is 22.6. The summed E-state index contributed by atoms with van der Waals surface area (Å²) in [5, 5.41) is 19.9. The molecule has 0 radical (unpaired) electrons. The monoisotopic (exact) mass is 1210 g/mol. The second-order valence-electron chi connectivity index (χ2n) is 17.2. The Morgan fingerprint density at radius 2 is 0.836 bits per heavy atom. The van der Waals surface area contributed by atoms with Crippen LogP contribution >= 0.6 is 79.6 Å². The predicted octanol–water partition coefficient (Wildman–Crippen LogP) is 19.1. The summed E-state index contributed by atoms with van der Waals surface area (Å²) in [6.45, 7) is 9.75. The number of halogens is 5. The maximum absolute atomic E-state index is 9.79. The number of rotatable bonds is 12. The first-order chi connectivity index (χ1) is 32.5. The van der Waals surface area contributed by atoms with Gasteiger partial charge >= 0.3 is 0 Å². The largest absolute Gasteiger partial charge is 0.508 e. The Kier molecular flexibility index (Phi) is 16.7. The highest BCUT2D eigenvalue weighted by atomic mass is 79.9. The van der Waals surface area contributed by atoms with Crippen molar-refractivity contribution in [2.75, 3.05) is 11.9 Å². The van der Waals surface area contributed by atoms with Crippen LogP contribution in [0, 0.1) is 11.8 Å². The van der Waals surface area contributed by atoms with E-state index in [1.807, 2.05) is 30.3 Å². The minimum absolute atomic E-state index is 0.190. The highest BCUT2D eigenvalue weighted by molar-refractivity contribution is 9.11. The van der Waals surface area contributed by atoms with E-state index in [4.69, 9.17) is 24.7 Å². The van der Waals surface area contributed by atoms with Gasteiger partial charge in [-0.05, 0) is 119 Å². The van der Waals surface area contributed by atoms with E-state index in [0.29, 0.717) is 11.4 Å². The number of benzene rings is 8. The Labute approximate surface area is 434 Å². The minimum Gasteiger partial charge on any atom is -0.508 e. The minimum atomic E-state index is 0.190. The van der Waals surface area contributed by atoms with Crippen LogP contribution in [0.3, 0.4) is 0 Å². The molecule has 2 heterocycles. The van der Waals surface area contributed by atoms with Gasteiger partial charge in [0, 0.05) is 56.9 Å². The van der Waals surface area contributed by atoms with E-state index in [0.717, 1.165) is 114 Å². The number of hydrogen-bond acceptors (Lipinski definition) is 6. The third kappa shape index (κ3) is 11.2. The van der Waals surface area contributed by atoms with Gasteiger partial charge in [-0.3, -0.25) is 0 Å². The van der Waals surface area contributed by atoms with Crippen molar-refractivity contribution in [3.63, 3.8) is 0 Å². The summed E-state index contributed by atoms with van der Waals surface area (Å²) in [4.78, 5) is 19.9. The first-order valence-electron chi connectivity index (χ1n) is 23.2. The van der Waals surface area contributed by atoms with E-state index in [9.17, 15) is 5.11 Å². The zero-order chi connectivity index (χ0) is 47.2. The Hall–Kier alpha value is -4.00. The molecule has 0 saturated carbocycles. The van der Waals surface area contributed by atoms with Crippen molar-refractivity contribution in [3.8, 4) is 11.5 Å². The van der Waals surface area contributed by atoms with Gasteiger partial charge in [-0.2, -0.15) is 0 Å². The van der Waals surface area contributed by atoms with E-state index in [-0.39, 0.29) is 5.75 Å². The standard InChI is InChI=1S/C28H26Br2N2O.C20H10Br2N2O.C8H17Br/c1-3-5-6-17(4-2)16-33-20-9-12-25-26(15-20)32-28-24-14-19(30)8-11-22(24)21-10-7-18(29)13-23(21)27(28)31-25;21-10-1-4-13-14-5-2-11(22)8-16(14)20-19(15(13)7-10)23-17-6-3-12(25)9-18(17)24-20;1-3-5-6-8(4-2)7-9/h7-15,17H,3-6,16H2,1-2H3;1-9,25H;8H,3-7H2,1-2H3. The van der Waals surface area contributed by atoms with Crippen molar-refractivity contribution < 1.29 is 9.84 Å². The fourth-order valence-corrected chi connectivity index (χ4v) is 10.9. The molecule has 67 heavy (non-hydrogen) atoms. The number of phenols is 1. The Bertz CT molecular complexity index is 3400. The average molecular weight is 1210 g/mol. The molecule has 8 aromatic carbocycles. The molecule has 10 rings (SSSR count). The third-order valence-electron chi connectivity index (χ3n) is 12.6.